The third-order valence-corrected chi connectivity index (χ3v) is 4.40. The number of alkyl halides is 3. The van der Waals surface area contributed by atoms with Gasteiger partial charge in [-0.1, -0.05) is 0 Å². The summed E-state index contributed by atoms with van der Waals surface area (Å²) in [4.78, 5) is 5.65. The van der Waals surface area contributed by atoms with Crippen molar-refractivity contribution in [1.29, 1.82) is 0 Å². The van der Waals surface area contributed by atoms with E-state index >= 15 is 0 Å². The van der Waals surface area contributed by atoms with Gasteiger partial charge in [0.05, 0.1) is 12.3 Å². The summed E-state index contributed by atoms with van der Waals surface area (Å²) in [5, 5.41) is 4.10. The zero-order valence-electron chi connectivity index (χ0n) is 11.0. The number of aromatic nitrogens is 1. The minimum Gasteiger partial charge on any atom is -0.365 e. The Balaban J connectivity index is 1.57. The predicted octanol–water partition coefficient (Wildman–Crippen LogP) is 3.35. The predicted molar refractivity (Wildman–Crippen MR) is 69.7 cm³/mol. The van der Waals surface area contributed by atoms with Crippen molar-refractivity contribution in [1.82, 2.24) is 10.3 Å². The Hall–Kier alpha value is -0.660. The molecule has 112 valence electrons. The SMILES string of the molecule is FC(F)(F)COCc1nc(C2CC2)c(CNC2CC2)s1. The second kappa shape index (κ2) is 5.61. The monoisotopic (exact) mass is 306 g/mol. The Bertz CT molecular complexity index is 467. The van der Waals surface area contributed by atoms with Gasteiger partial charge in [0, 0.05) is 23.4 Å². The van der Waals surface area contributed by atoms with Crippen LogP contribution < -0.4 is 5.32 Å². The first kappa shape index (κ1) is 14.3. The van der Waals surface area contributed by atoms with Crippen molar-refractivity contribution in [2.24, 2.45) is 0 Å². The molecule has 2 saturated carbocycles. The molecule has 1 aromatic rings. The largest absolute Gasteiger partial charge is 0.411 e. The number of nitrogens with one attached hydrogen (secondary N) is 1. The van der Waals surface area contributed by atoms with Crippen molar-refractivity contribution in [2.75, 3.05) is 6.61 Å². The Morgan fingerprint density at radius 2 is 2.00 bits per heavy atom. The highest BCUT2D eigenvalue weighted by atomic mass is 32.1. The van der Waals surface area contributed by atoms with Crippen molar-refractivity contribution in [2.45, 2.75) is 57.0 Å². The molecular formula is C13H17F3N2OS. The van der Waals surface area contributed by atoms with Crippen molar-refractivity contribution in [3.63, 3.8) is 0 Å². The molecule has 0 spiro atoms. The zero-order chi connectivity index (χ0) is 14.2. The molecule has 0 bridgehead atoms. The minimum atomic E-state index is -4.27. The highest BCUT2D eigenvalue weighted by molar-refractivity contribution is 7.11. The van der Waals surface area contributed by atoms with Crippen molar-refractivity contribution in [3.05, 3.63) is 15.6 Å². The maximum atomic E-state index is 12.0. The van der Waals surface area contributed by atoms with Gasteiger partial charge < -0.3 is 10.1 Å². The second-order valence-electron chi connectivity index (χ2n) is 5.45. The molecule has 3 rings (SSSR count). The molecule has 0 saturated heterocycles. The van der Waals surface area contributed by atoms with Crippen molar-refractivity contribution < 1.29 is 17.9 Å². The Morgan fingerprint density at radius 3 is 2.60 bits per heavy atom. The van der Waals surface area contributed by atoms with E-state index in [1.54, 1.807) is 0 Å². The lowest BCUT2D eigenvalue weighted by atomic mass is 10.2. The minimum absolute atomic E-state index is 0.0483. The summed E-state index contributed by atoms with van der Waals surface area (Å²) < 4.78 is 40.8. The summed E-state index contributed by atoms with van der Waals surface area (Å²) in [6, 6.07) is 0.620. The molecule has 2 aliphatic rings. The molecule has 1 aromatic heterocycles. The molecule has 20 heavy (non-hydrogen) atoms. The average molecular weight is 306 g/mol. The molecule has 0 unspecified atom stereocenters. The van der Waals surface area contributed by atoms with Gasteiger partial charge in [0.15, 0.2) is 0 Å². The van der Waals surface area contributed by atoms with E-state index in [0.29, 0.717) is 17.0 Å². The normalized spacial score (nSPS) is 19.6. The average Bonchev–Trinajstić information content (AvgIpc) is 3.25. The summed E-state index contributed by atoms with van der Waals surface area (Å²) in [5.74, 6) is 0.513. The van der Waals surface area contributed by atoms with Crippen LogP contribution in [0.5, 0.6) is 0 Å². The summed E-state index contributed by atoms with van der Waals surface area (Å²) in [6.07, 6.45) is 0.456. The van der Waals surface area contributed by atoms with E-state index in [2.05, 4.69) is 10.3 Å². The van der Waals surface area contributed by atoms with Gasteiger partial charge in [0.2, 0.25) is 0 Å². The summed E-state index contributed by atoms with van der Waals surface area (Å²) >= 11 is 1.48. The maximum Gasteiger partial charge on any atom is 0.411 e. The van der Waals surface area contributed by atoms with Gasteiger partial charge in [0.25, 0.3) is 0 Å². The Kier molecular flexibility index (Phi) is 4.01. The number of thiazole rings is 1. The van der Waals surface area contributed by atoms with E-state index in [1.807, 2.05) is 0 Å². The summed E-state index contributed by atoms with van der Waals surface area (Å²) in [7, 11) is 0. The highest BCUT2D eigenvalue weighted by Gasteiger charge is 2.31. The molecule has 3 nitrogen and oxygen atoms in total. The first-order valence-corrected chi connectivity index (χ1v) is 7.69. The molecule has 0 atom stereocenters. The summed E-state index contributed by atoms with van der Waals surface area (Å²) in [5.41, 5.74) is 1.08. The van der Waals surface area contributed by atoms with Gasteiger partial charge >= 0.3 is 6.18 Å². The van der Waals surface area contributed by atoms with Crippen LogP contribution in [-0.4, -0.2) is 23.8 Å². The van der Waals surface area contributed by atoms with Crippen LogP contribution >= 0.6 is 11.3 Å². The zero-order valence-corrected chi connectivity index (χ0v) is 11.8. The summed E-state index contributed by atoms with van der Waals surface area (Å²) in [6.45, 7) is -0.470. The number of hydrogen-bond acceptors (Lipinski definition) is 4. The molecule has 0 radical (unpaired) electrons. The van der Waals surface area contributed by atoms with Crippen LogP contribution in [0, 0.1) is 0 Å². The van der Waals surface area contributed by atoms with Gasteiger partial charge in [0.1, 0.15) is 11.6 Å². The topological polar surface area (TPSA) is 34.1 Å². The van der Waals surface area contributed by atoms with E-state index in [9.17, 15) is 13.2 Å². The fourth-order valence-corrected chi connectivity index (χ4v) is 3.10. The number of nitrogens with zero attached hydrogens (tertiary/aromatic N) is 1. The lowest BCUT2D eigenvalue weighted by Gasteiger charge is -2.05. The number of hydrogen-bond donors (Lipinski definition) is 1. The first-order chi connectivity index (χ1) is 9.51. The highest BCUT2D eigenvalue weighted by Crippen LogP contribution is 2.43. The lowest BCUT2D eigenvalue weighted by Crippen LogP contribution is -2.16. The third-order valence-electron chi connectivity index (χ3n) is 3.36. The van der Waals surface area contributed by atoms with Crippen molar-refractivity contribution in [3.8, 4) is 0 Å². The Labute approximate surface area is 119 Å². The molecule has 0 aromatic carbocycles. The molecular weight excluding hydrogens is 289 g/mol. The second-order valence-corrected chi connectivity index (χ2v) is 6.62. The maximum absolute atomic E-state index is 12.0. The van der Waals surface area contributed by atoms with Gasteiger partial charge in [-0.2, -0.15) is 13.2 Å². The van der Waals surface area contributed by atoms with Crippen LogP contribution in [0.25, 0.3) is 0 Å². The van der Waals surface area contributed by atoms with E-state index < -0.39 is 12.8 Å². The number of ether oxygens (including phenoxy) is 1. The molecule has 2 aliphatic carbocycles. The fraction of sp³-hybridized carbons (Fsp3) is 0.769. The van der Waals surface area contributed by atoms with Gasteiger partial charge in [-0.25, -0.2) is 4.98 Å². The lowest BCUT2D eigenvalue weighted by molar-refractivity contribution is -0.176. The van der Waals surface area contributed by atoms with Crippen LogP contribution in [0.1, 0.15) is 47.2 Å². The van der Waals surface area contributed by atoms with E-state index in [0.717, 1.165) is 25.1 Å². The van der Waals surface area contributed by atoms with Gasteiger partial charge in [-0.05, 0) is 25.7 Å². The quantitative estimate of drug-likeness (QED) is 0.839. The third kappa shape index (κ3) is 4.17. The van der Waals surface area contributed by atoms with Gasteiger partial charge in [-0.15, -0.1) is 11.3 Å². The van der Waals surface area contributed by atoms with Crippen LogP contribution in [-0.2, 0) is 17.9 Å². The molecule has 0 amide bonds. The van der Waals surface area contributed by atoms with E-state index in [-0.39, 0.29) is 6.61 Å². The molecule has 7 heteroatoms. The molecule has 2 fully saturated rings. The van der Waals surface area contributed by atoms with Crippen LogP contribution in [0.3, 0.4) is 0 Å². The number of rotatable bonds is 7. The van der Waals surface area contributed by atoms with E-state index in [1.165, 1.54) is 29.1 Å². The smallest absolute Gasteiger partial charge is 0.365 e. The first-order valence-electron chi connectivity index (χ1n) is 6.87. The van der Waals surface area contributed by atoms with Crippen LogP contribution in [0.2, 0.25) is 0 Å². The molecule has 0 aliphatic heterocycles. The Morgan fingerprint density at radius 1 is 1.25 bits per heavy atom. The van der Waals surface area contributed by atoms with Crippen molar-refractivity contribution >= 4 is 11.3 Å². The fourth-order valence-electron chi connectivity index (χ4n) is 2.06. The van der Waals surface area contributed by atoms with Gasteiger partial charge in [-0.3, -0.25) is 0 Å². The molecule has 1 N–H and O–H groups in total. The van der Waals surface area contributed by atoms with Crippen LogP contribution in [0.4, 0.5) is 13.2 Å². The standard InChI is InChI=1S/C13H17F3N2OS/c14-13(15,16)7-19-6-11-18-12(8-1-2-8)10(20-11)5-17-9-3-4-9/h8-9,17H,1-7H2. The number of halogens is 3. The van der Waals surface area contributed by atoms with Crippen LogP contribution in [0.15, 0.2) is 0 Å². The van der Waals surface area contributed by atoms with E-state index in [4.69, 9.17) is 4.74 Å². The molecule has 1 heterocycles.